The monoisotopic (exact) mass is 268 g/mol. The number of unbranched alkanes of at least 4 members (excludes halogenated alkanes) is 1. The predicted molar refractivity (Wildman–Crippen MR) is 74.6 cm³/mol. The van der Waals surface area contributed by atoms with Gasteiger partial charge in [0.05, 0.1) is 0 Å². The number of esters is 2. The Bertz CT molecular complexity index is 314. The molecule has 0 radical (unpaired) electrons. The molecule has 0 aliphatic rings. The van der Waals surface area contributed by atoms with E-state index in [0.29, 0.717) is 6.42 Å². The summed E-state index contributed by atoms with van der Waals surface area (Å²) in [7, 11) is 0. The summed E-state index contributed by atoms with van der Waals surface area (Å²) in [4.78, 5) is 23.7. The smallest absolute Gasteiger partial charge is 0.320 e. The third kappa shape index (κ3) is 8.19. The van der Waals surface area contributed by atoms with Crippen LogP contribution in [0.15, 0.2) is 24.3 Å². The van der Waals surface area contributed by atoms with Crippen LogP contribution in [-0.4, -0.2) is 25.2 Å². The van der Waals surface area contributed by atoms with Crippen LogP contribution in [0.1, 0.15) is 40.0 Å². The summed E-state index contributed by atoms with van der Waals surface area (Å²) in [6.45, 7) is 13.1. The molecule has 0 aliphatic heterocycles. The molecule has 0 fully saturated rings. The average Bonchev–Trinajstić information content (AvgIpc) is 2.34. The molecule has 0 heterocycles. The highest BCUT2D eigenvalue weighted by molar-refractivity contribution is 5.94. The SMILES string of the molecule is C=C(C)COC(=O)C(CCCC)C(=O)OCC(=C)C. The predicted octanol–water partition coefficient (Wildman–Crippen LogP) is 3.03. The summed E-state index contributed by atoms with van der Waals surface area (Å²) in [5.41, 5.74) is 1.47. The molecule has 0 saturated carbocycles. The van der Waals surface area contributed by atoms with Crippen molar-refractivity contribution in [2.45, 2.75) is 40.0 Å². The summed E-state index contributed by atoms with van der Waals surface area (Å²) in [6.07, 6.45) is 2.12. The Morgan fingerprint density at radius 3 is 1.74 bits per heavy atom. The molecule has 0 spiro atoms. The van der Waals surface area contributed by atoms with E-state index in [4.69, 9.17) is 9.47 Å². The van der Waals surface area contributed by atoms with Gasteiger partial charge in [-0.25, -0.2) is 0 Å². The van der Waals surface area contributed by atoms with Gasteiger partial charge in [0.15, 0.2) is 5.92 Å². The Kier molecular flexibility index (Phi) is 8.58. The second-order valence-electron chi connectivity index (χ2n) is 4.82. The molecule has 0 atom stereocenters. The number of carbonyl (C=O) groups excluding carboxylic acids is 2. The minimum atomic E-state index is -0.848. The molecule has 0 rings (SSSR count). The van der Waals surface area contributed by atoms with Crippen molar-refractivity contribution in [3.05, 3.63) is 24.3 Å². The zero-order valence-electron chi connectivity index (χ0n) is 12.2. The fraction of sp³-hybridized carbons (Fsp3) is 0.600. The van der Waals surface area contributed by atoms with Crippen molar-refractivity contribution in [1.29, 1.82) is 0 Å². The van der Waals surface area contributed by atoms with Gasteiger partial charge in [0.1, 0.15) is 13.2 Å². The van der Waals surface area contributed by atoms with Crippen molar-refractivity contribution in [3.8, 4) is 0 Å². The van der Waals surface area contributed by atoms with Crippen LogP contribution in [0.3, 0.4) is 0 Å². The van der Waals surface area contributed by atoms with E-state index in [-0.39, 0.29) is 13.2 Å². The molecule has 0 unspecified atom stereocenters. The van der Waals surface area contributed by atoms with Crippen molar-refractivity contribution in [3.63, 3.8) is 0 Å². The number of ether oxygens (including phenoxy) is 2. The van der Waals surface area contributed by atoms with E-state index in [1.54, 1.807) is 13.8 Å². The molecule has 0 amide bonds. The number of carbonyl (C=O) groups is 2. The van der Waals surface area contributed by atoms with Gasteiger partial charge in [-0.3, -0.25) is 9.59 Å². The lowest BCUT2D eigenvalue weighted by molar-refractivity contribution is -0.161. The van der Waals surface area contributed by atoms with Gasteiger partial charge in [0, 0.05) is 0 Å². The quantitative estimate of drug-likeness (QED) is 0.366. The van der Waals surface area contributed by atoms with E-state index < -0.39 is 17.9 Å². The van der Waals surface area contributed by atoms with Crippen molar-refractivity contribution in [2.75, 3.05) is 13.2 Å². The fourth-order valence-electron chi connectivity index (χ4n) is 1.33. The molecular weight excluding hydrogens is 244 g/mol. The molecule has 0 aromatic rings. The zero-order valence-corrected chi connectivity index (χ0v) is 12.2. The number of hydrogen-bond acceptors (Lipinski definition) is 4. The topological polar surface area (TPSA) is 52.6 Å². The fourth-order valence-corrected chi connectivity index (χ4v) is 1.33. The first kappa shape index (κ1) is 17.4. The second kappa shape index (κ2) is 9.36. The maximum Gasteiger partial charge on any atom is 0.320 e. The summed E-state index contributed by atoms with van der Waals surface area (Å²) >= 11 is 0. The van der Waals surface area contributed by atoms with Crippen LogP contribution >= 0.6 is 0 Å². The van der Waals surface area contributed by atoms with Crippen molar-refractivity contribution >= 4 is 11.9 Å². The third-order valence-corrected chi connectivity index (χ3v) is 2.34. The Labute approximate surface area is 115 Å². The summed E-state index contributed by atoms with van der Waals surface area (Å²) in [5, 5.41) is 0. The largest absolute Gasteiger partial charge is 0.461 e. The second-order valence-corrected chi connectivity index (χ2v) is 4.82. The molecule has 0 aromatic heterocycles. The Morgan fingerprint density at radius 2 is 1.42 bits per heavy atom. The molecule has 0 N–H and O–H groups in total. The van der Waals surface area contributed by atoms with E-state index in [9.17, 15) is 9.59 Å². The molecule has 19 heavy (non-hydrogen) atoms. The van der Waals surface area contributed by atoms with E-state index in [1.807, 2.05) is 6.92 Å². The molecule has 0 bridgehead atoms. The van der Waals surface area contributed by atoms with Gasteiger partial charge < -0.3 is 9.47 Å². The van der Waals surface area contributed by atoms with Crippen LogP contribution in [0.25, 0.3) is 0 Å². The van der Waals surface area contributed by atoms with Crippen LogP contribution in [-0.2, 0) is 19.1 Å². The van der Waals surface area contributed by atoms with Gasteiger partial charge >= 0.3 is 11.9 Å². The summed E-state index contributed by atoms with van der Waals surface area (Å²) in [6, 6.07) is 0. The molecule has 0 aliphatic carbocycles. The first-order valence-electron chi connectivity index (χ1n) is 6.50. The van der Waals surface area contributed by atoms with Gasteiger partial charge in [-0.15, -0.1) is 0 Å². The molecule has 0 saturated heterocycles. The highest BCUT2D eigenvalue weighted by Gasteiger charge is 2.29. The van der Waals surface area contributed by atoms with Crippen molar-refractivity contribution in [2.24, 2.45) is 5.92 Å². The van der Waals surface area contributed by atoms with E-state index in [1.165, 1.54) is 0 Å². The van der Waals surface area contributed by atoms with Gasteiger partial charge in [0.25, 0.3) is 0 Å². The maximum atomic E-state index is 11.9. The van der Waals surface area contributed by atoms with E-state index in [0.717, 1.165) is 24.0 Å². The lowest BCUT2D eigenvalue weighted by Gasteiger charge is -2.15. The Morgan fingerprint density at radius 1 is 1.00 bits per heavy atom. The van der Waals surface area contributed by atoms with Gasteiger partial charge in [-0.05, 0) is 31.4 Å². The van der Waals surface area contributed by atoms with Crippen LogP contribution < -0.4 is 0 Å². The minimum Gasteiger partial charge on any atom is -0.461 e. The molecule has 0 aromatic carbocycles. The lowest BCUT2D eigenvalue weighted by atomic mass is 10.0. The van der Waals surface area contributed by atoms with Crippen LogP contribution in [0.4, 0.5) is 0 Å². The highest BCUT2D eigenvalue weighted by Crippen LogP contribution is 2.14. The lowest BCUT2D eigenvalue weighted by Crippen LogP contribution is -2.28. The molecule has 108 valence electrons. The highest BCUT2D eigenvalue weighted by atomic mass is 16.6. The van der Waals surface area contributed by atoms with Gasteiger partial charge in [-0.1, -0.05) is 32.9 Å². The van der Waals surface area contributed by atoms with Gasteiger partial charge in [-0.2, -0.15) is 0 Å². The number of rotatable bonds is 9. The Balaban J connectivity index is 4.50. The van der Waals surface area contributed by atoms with E-state index >= 15 is 0 Å². The third-order valence-electron chi connectivity index (χ3n) is 2.34. The number of hydrogen-bond donors (Lipinski definition) is 0. The minimum absolute atomic E-state index is 0.134. The van der Waals surface area contributed by atoms with Crippen LogP contribution in [0.2, 0.25) is 0 Å². The van der Waals surface area contributed by atoms with Crippen molar-refractivity contribution in [1.82, 2.24) is 0 Å². The maximum absolute atomic E-state index is 11.9. The summed E-state index contributed by atoms with van der Waals surface area (Å²) < 4.78 is 10.1. The van der Waals surface area contributed by atoms with E-state index in [2.05, 4.69) is 13.2 Å². The molecule has 4 heteroatoms. The normalized spacial score (nSPS) is 10.1. The standard InChI is InChI=1S/C15H24O4/c1-6-7-8-13(14(16)18-9-11(2)3)15(17)19-10-12(4)5/h13H,2,4,6-10H2,1,3,5H3. The summed E-state index contributed by atoms with van der Waals surface area (Å²) in [5.74, 6) is -1.93. The van der Waals surface area contributed by atoms with Crippen LogP contribution in [0, 0.1) is 5.92 Å². The molecular formula is C15H24O4. The Hall–Kier alpha value is -1.58. The first-order chi connectivity index (χ1) is 8.88. The van der Waals surface area contributed by atoms with Crippen molar-refractivity contribution < 1.29 is 19.1 Å². The van der Waals surface area contributed by atoms with Crippen LogP contribution in [0.5, 0.6) is 0 Å². The zero-order chi connectivity index (χ0) is 14.8. The average molecular weight is 268 g/mol. The first-order valence-corrected chi connectivity index (χ1v) is 6.50. The molecule has 4 nitrogen and oxygen atoms in total. The van der Waals surface area contributed by atoms with Gasteiger partial charge in [0.2, 0.25) is 0 Å².